The van der Waals surface area contributed by atoms with Crippen LogP contribution in [-0.4, -0.2) is 25.1 Å². The number of anilines is 1. The number of nitrogens with one attached hydrogen (secondary N) is 2. The monoisotopic (exact) mass is 439 g/mol. The Kier molecular flexibility index (Phi) is 5.36. The summed E-state index contributed by atoms with van der Waals surface area (Å²) in [5.74, 6) is -0.673. The molecule has 0 bridgehead atoms. The number of carbonyl (C=O) groups excluding carboxylic acids is 1. The minimum atomic E-state index is -3.47. The number of fused-ring (bicyclic) bond motifs is 1. The van der Waals surface area contributed by atoms with Gasteiger partial charge in [0.25, 0.3) is 0 Å². The Labute approximate surface area is 157 Å². The van der Waals surface area contributed by atoms with Crippen LogP contribution in [0.15, 0.2) is 57.9 Å². The molecule has 0 atom stereocenters. The van der Waals surface area contributed by atoms with Crippen molar-refractivity contribution in [2.75, 3.05) is 11.2 Å². The lowest BCUT2D eigenvalue weighted by Gasteiger charge is -2.06. The third-order valence-electron chi connectivity index (χ3n) is 3.38. The molecule has 0 saturated heterocycles. The third-order valence-corrected chi connectivity index (χ3v) is 6.69. The van der Waals surface area contributed by atoms with E-state index < -0.39 is 15.7 Å². The first-order valence-electron chi connectivity index (χ1n) is 7.33. The van der Waals surface area contributed by atoms with Crippen LogP contribution < -0.4 is 10.9 Å². The minimum absolute atomic E-state index is 0.140. The van der Waals surface area contributed by atoms with Gasteiger partial charge in [-0.15, -0.1) is 0 Å². The number of amides is 1. The smallest absolute Gasteiger partial charge is 0.239 e. The van der Waals surface area contributed by atoms with Crippen molar-refractivity contribution in [2.45, 2.75) is 11.3 Å². The number of thiazole rings is 1. The topological polar surface area (TPSA) is 88.2 Å². The van der Waals surface area contributed by atoms with E-state index in [1.807, 2.05) is 18.2 Å². The molecule has 9 heteroatoms. The molecule has 130 valence electrons. The number of hydrogen-bond donors (Lipinski definition) is 2. The second-order valence-electron chi connectivity index (χ2n) is 5.16. The number of rotatable bonds is 6. The number of hydrogen-bond acceptors (Lipinski definition) is 6. The number of halogens is 1. The fraction of sp³-hybridized carbons (Fsp3) is 0.125. The molecular weight excluding hydrogens is 426 g/mol. The molecule has 0 aliphatic rings. The summed E-state index contributed by atoms with van der Waals surface area (Å²) in [4.78, 5) is 16.5. The quantitative estimate of drug-likeness (QED) is 0.574. The molecule has 3 rings (SSSR count). The Balaban J connectivity index is 1.57. The lowest BCUT2D eigenvalue weighted by molar-refractivity contribution is -0.120. The van der Waals surface area contributed by atoms with Gasteiger partial charge in [0.2, 0.25) is 11.0 Å². The molecular formula is C16H14BrN3O3S2. The van der Waals surface area contributed by atoms with Gasteiger partial charge in [0, 0.05) is 10.9 Å². The first-order valence-corrected chi connectivity index (χ1v) is 10.6. The summed E-state index contributed by atoms with van der Waals surface area (Å²) >= 11 is 4.81. The molecule has 3 aromatic rings. The molecule has 1 aromatic heterocycles. The predicted octanol–water partition coefficient (Wildman–Crippen LogP) is 3.37. The van der Waals surface area contributed by atoms with Gasteiger partial charge in [-0.05, 0) is 40.2 Å². The zero-order valence-electron chi connectivity index (χ0n) is 12.9. The van der Waals surface area contributed by atoms with Crippen LogP contribution in [0.4, 0.5) is 5.13 Å². The number of nitrogens with zero attached hydrogens (tertiary/aromatic N) is 1. The molecule has 1 amide bonds. The molecule has 1 heterocycles. The second-order valence-corrected chi connectivity index (χ2v) is 9.15. The molecule has 0 spiro atoms. The van der Waals surface area contributed by atoms with Gasteiger partial charge in [0.15, 0.2) is 9.84 Å². The fourth-order valence-electron chi connectivity index (χ4n) is 2.13. The van der Waals surface area contributed by atoms with Gasteiger partial charge in [0.05, 0.1) is 20.9 Å². The highest BCUT2D eigenvalue weighted by Crippen LogP contribution is 2.30. The first kappa shape index (κ1) is 17.8. The van der Waals surface area contributed by atoms with Gasteiger partial charge in [-0.25, -0.2) is 13.4 Å². The van der Waals surface area contributed by atoms with Crippen LogP contribution >= 0.6 is 27.3 Å². The third kappa shape index (κ3) is 4.36. The SMILES string of the molecule is O=C(CCS(=O)(=O)c1ccccc1)NNc1nc2c(Br)cccc2s1. The number of sulfone groups is 1. The number of carbonyl (C=O) groups is 1. The highest BCUT2D eigenvalue weighted by Gasteiger charge is 2.16. The van der Waals surface area contributed by atoms with Crippen LogP contribution in [0, 0.1) is 0 Å². The lowest BCUT2D eigenvalue weighted by Crippen LogP contribution is -2.30. The van der Waals surface area contributed by atoms with Crippen molar-refractivity contribution in [1.29, 1.82) is 0 Å². The second kappa shape index (κ2) is 7.51. The molecule has 2 aromatic carbocycles. The van der Waals surface area contributed by atoms with E-state index in [9.17, 15) is 13.2 Å². The summed E-state index contributed by atoms with van der Waals surface area (Å²) in [5.41, 5.74) is 6.01. The molecule has 25 heavy (non-hydrogen) atoms. The highest BCUT2D eigenvalue weighted by molar-refractivity contribution is 9.10. The van der Waals surface area contributed by atoms with E-state index in [0.29, 0.717) is 5.13 Å². The highest BCUT2D eigenvalue weighted by atomic mass is 79.9. The summed E-state index contributed by atoms with van der Waals surface area (Å²) in [6.45, 7) is 0. The molecule has 6 nitrogen and oxygen atoms in total. The molecule has 0 aliphatic heterocycles. The van der Waals surface area contributed by atoms with E-state index >= 15 is 0 Å². The normalized spacial score (nSPS) is 11.4. The maximum absolute atomic E-state index is 12.1. The van der Waals surface area contributed by atoms with E-state index in [4.69, 9.17) is 0 Å². The Morgan fingerprint density at radius 3 is 2.60 bits per heavy atom. The largest absolute Gasteiger partial charge is 0.273 e. The zero-order valence-corrected chi connectivity index (χ0v) is 16.1. The molecule has 0 fully saturated rings. The summed E-state index contributed by atoms with van der Waals surface area (Å²) in [6.07, 6.45) is -0.140. The van der Waals surface area contributed by atoms with Gasteiger partial charge in [-0.2, -0.15) is 0 Å². The maximum Gasteiger partial charge on any atom is 0.239 e. The van der Waals surface area contributed by atoms with Crippen LogP contribution in [0.5, 0.6) is 0 Å². The summed E-state index contributed by atoms with van der Waals surface area (Å²) < 4.78 is 26.1. The van der Waals surface area contributed by atoms with Crippen LogP contribution in [0.1, 0.15) is 6.42 Å². The Bertz CT molecular complexity index is 1000. The van der Waals surface area contributed by atoms with E-state index in [-0.39, 0.29) is 17.1 Å². The van der Waals surface area contributed by atoms with Crippen molar-refractivity contribution in [1.82, 2.24) is 10.4 Å². The van der Waals surface area contributed by atoms with Crippen molar-refractivity contribution in [2.24, 2.45) is 0 Å². The molecule has 0 radical (unpaired) electrons. The van der Waals surface area contributed by atoms with Gasteiger partial charge in [-0.1, -0.05) is 35.6 Å². The fourth-order valence-corrected chi connectivity index (χ4v) is 4.82. The van der Waals surface area contributed by atoms with Crippen LogP contribution in [-0.2, 0) is 14.6 Å². The number of para-hydroxylation sites is 1. The van der Waals surface area contributed by atoms with E-state index in [1.54, 1.807) is 18.2 Å². The summed E-state index contributed by atoms with van der Waals surface area (Å²) in [5, 5.41) is 0.529. The molecule has 0 unspecified atom stereocenters. The van der Waals surface area contributed by atoms with Crippen LogP contribution in [0.25, 0.3) is 10.2 Å². The lowest BCUT2D eigenvalue weighted by atomic mass is 10.3. The Hall–Kier alpha value is -1.97. The number of aromatic nitrogens is 1. The van der Waals surface area contributed by atoms with E-state index in [0.717, 1.165) is 14.7 Å². The zero-order chi connectivity index (χ0) is 17.9. The molecule has 2 N–H and O–H groups in total. The van der Waals surface area contributed by atoms with Gasteiger partial charge in [-0.3, -0.25) is 15.6 Å². The summed E-state index contributed by atoms with van der Waals surface area (Å²) in [6, 6.07) is 13.8. The van der Waals surface area contributed by atoms with Crippen molar-refractivity contribution >= 4 is 58.4 Å². The standard InChI is InChI=1S/C16H14BrN3O3S2/c17-12-7-4-8-13-15(12)18-16(24-13)20-19-14(21)9-10-25(22,23)11-5-2-1-3-6-11/h1-8H,9-10H2,(H,18,20)(H,19,21). The van der Waals surface area contributed by atoms with Crippen molar-refractivity contribution in [3.63, 3.8) is 0 Å². The van der Waals surface area contributed by atoms with Crippen molar-refractivity contribution in [3.8, 4) is 0 Å². The Morgan fingerprint density at radius 1 is 1.12 bits per heavy atom. The van der Waals surface area contributed by atoms with E-state index in [2.05, 4.69) is 31.8 Å². The van der Waals surface area contributed by atoms with Crippen LogP contribution in [0.2, 0.25) is 0 Å². The van der Waals surface area contributed by atoms with Gasteiger partial charge in [0.1, 0.15) is 0 Å². The number of hydrazine groups is 1. The minimum Gasteiger partial charge on any atom is -0.273 e. The molecule has 0 aliphatic carbocycles. The van der Waals surface area contributed by atoms with Gasteiger partial charge >= 0.3 is 0 Å². The van der Waals surface area contributed by atoms with Crippen molar-refractivity contribution in [3.05, 3.63) is 53.0 Å². The van der Waals surface area contributed by atoms with Crippen LogP contribution in [0.3, 0.4) is 0 Å². The van der Waals surface area contributed by atoms with Gasteiger partial charge < -0.3 is 0 Å². The predicted molar refractivity (Wildman–Crippen MR) is 102 cm³/mol. The molecule has 0 saturated carbocycles. The summed E-state index contributed by atoms with van der Waals surface area (Å²) in [7, 11) is -3.47. The first-order chi connectivity index (χ1) is 12.0. The number of benzene rings is 2. The average molecular weight is 440 g/mol. The average Bonchev–Trinajstić information content (AvgIpc) is 3.04. The maximum atomic E-state index is 12.1. The van der Waals surface area contributed by atoms with E-state index in [1.165, 1.54) is 23.5 Å². The van der Waals surface area contributed by atoms with Crippen molar-refractivity contribution < 1.29 is 13.2 Å². The Morgan fingerprint density at radius 2 is 1.88 bits per heavy atom.